The van der Waals surface area contributed by atoms with Gasteiger partial charge in [0.2, 0.25) is 0 Å². The Bertz CT molecular complexity index is 181. The summed E-state index contributed by atoms with van der Waals surface area (Å²) in [6, 6.07) is 0. The van der Waals surface area contributed by atoms with E-state index in [2.05, 4.69) is 0 Å². The summed E-state index contributed by atoms with van der Waals surface area (Å²) in [5.74, 6) is -1.11. The van der Waals surface area contributed by atoms with Gasteiger partial charge in [0.1, 0.15) is 0 Å². The average molecular weight is 188 g/mol. The summed E-state index contributed by atoms with van der Waals surface area (Å²) in [4.78, 5) is 10.8. The Labute approximate surface area is 79.8 Å². The lowest BCUT2D eigenvalue weighted by Crippen LogP contribution is -2.41. The lowest BCUT2D eigenvalue weighted by atomic mass is 9.80. The van der Waals surface area contributed by atoms with Crippen LogP contribution in [0.5, 0.6) is 0 Å². The largest absolute Gasteiger partial charge is 0.479 e. The minimum absolute atomic E-state index is 0.164. The molecule has 0 fully saturated rings. The van der Waals surface area contributed by atoms with Crippen molar-refractivity contribution in [1.82, 2.24) is 0 Å². The van der Waals surface area contributed by atoms with Crippen LogP contribution in [-0.4, -0.2) is 21.8 Å². The number of aliphatic hydroxyl groups is 1. The van der Waals surface area contributed by atoms with Crippen molar-refractivity contribution in [2.45, 2.75) is 52.6 Å². The minimum Gasteiger partial charge on any atom is -0.479 e. The molecule has 0 aromatic carbocycles. The van der Waals surface area contributed by atoms with Gasteiger partial charge in [-0.3, -0.25) is 0 Å². The summed E-state index contributed by atoms with van der Waals surface area (Å²) in [6.45, 7) is 7.65. The van der Waals surface area contributed by atoms with Crippen LogP contribution in [0.1, 0.15) is 47.0 Å². The molecule has 0 amide bonds. The van der Waals surface area contributed by atoms with E-state index in [4.69, 9.17) is 5.11 Å². The number of rotatable bonds is 4. The van der Waals surface area contributed by atoms with Crippen molar-refractivity contribution >= 4 is 5.97 Å². The first-order valence-electron chi connectivity index (χ1n) is 4.67. The fourth-order valence-electron chi connectivity index (χ4n) is 1.56. The highest BCUT2D eigenvalue weighted by atomic mass is 16.4. The number of hydrogen-bond acceptors (Lipinski definition) is 2. The van der Waals surface area contributed by atoms with Gasteiger partial charge in [-0.25, -0.2) is 4.79 Å². The summed E-state index contributed by atoms with van der Waals surface area (Å²) in [7, 11) is 0. The maximum absolute atomic E-state index is 10.8. The monoisotopic (exact) mass is 188 g/mol. The van der Waals surface area contributed by atoms with E-state index in [0.29, 0.717) is 19.3 Å². The maximum atomic E-state index is 10.8. The number of carbonyl (C=O) groups is 1. The van der Waals surface area contributed by atoms with E-state index >= 15 is 0 Å². The molecule has 3 heteroatoms. The highest BCUT2D eigenvalue weighted by molar-refractivity contribution is 5.77. The predicted molar refractivity (Wildman–Crippen MR) is 51.6 cm³/mol. The first kappa shape index (κ1) is 12.4. The van der Waals surface area contributed by atoms with Crippen molar-refractivity contribution in [2.24, 2.45) is 5.41 Å². The van der Waals surface area contributed by atoms with E-state index in [9.17, 15) is 9.90 Å². The van der Waals surface area contributed by atoms with Gasteiger partial charge >= 0.3 is 5.97 Å². The molecule has 1 atom stereocenters. The second-order valence-corrected chi connectivity index (χ2v) is 4.82. The Morgan fingerprint density at radius 1 is 1.31 bits per heavy atom. The molecule has 0 aliphatic rings. The summed E-state index contributed by atoms with van der Waals surface area (Å²) in [5, 5.41) is 18.7. The van der Waals surface area contributed by atoms with Crippen molar-refractivity contribution in [3.63, 3.8) is 0 Å². The Morgan fingerprint density at radius 2 is 1.77 bits per heavy atom. The van der Waals surface area contributed by atoms with E-state index < -0.39 is 11.6 Å². The third-order valence-corrected chi connectivity index (χ3v) is 1.88. The topological polar surface area (TPSA) is 57.5 Å². The Balaban J connectivity index is 4.51. The second-order valence-electron chi connectivity index (χ2n) is 4.82. The van der Waals surface area contributed by atoms with E-state index in [1.54, 1.807) is 0 Å². The maximum Gasteiger partial charge on any atom is 0.335 e. The lowest BCUT2D eigenvalue weighted by Gasteiger charge is -2.30. The number of aliphatic carboxylic acids is 1. The van der Waals surface area contributed by atoms with Crippen molar-refractivity contribution in [3.8, 4) is 0 Å². The van der Waals surface area contributed by atoms with Crippen LogP contribution in [0.2, 0.25) is 0 Å². The van der Waals surface area contributed by atoms with Gasteiger partial charge in [0.15, 0.2) is 5.60 Å². The highest BCUT2D eigenvalue weighted by Crippen LogP contribution is 2.30. The van der Waals surface area contributed by atoms with Gasteiger partial charge in [-0.1, -0.05) is 34.1 Å². The molecule has 0 radical (unpaired) electrons. The van der Waals surface area contributed by atoms with Gasteiger partial charge in [-0.15, -0.1) is 0 Å². The standard InChI is InChI=1S/C10H20O3/c1-5-6-10(13,8(11)12)7-9(2,3)4/h13H,5-7H2,1-4H3,(H,11,12). The van der Waals surface area contributed by atoms with Crippen molar-refractivity contribution < 1.29 is 15.0 Å². The van der Waals surface area contributed by atoms with E-state index in [0.717, 1.165) is 0 Å². The van der Waals surface area contributed by atoms with Crippen LogP contribution >= 0.6 is 0 Å². The van der Waals surface area contributed by atoms with Crippen molar-refractivity contribution in [2.75, 3.05) is 0 Å². The Kier molecular flexibility index (Phi) is 3.91. The smallest absolute Gasteiger partial charge is 0.335 e. The molecular formula is C10H20O3. The Hall–Kier alpha value is -0.570. The molecule has 78 valence electrons. The van der Waals surface area contributed by atoms with Crippen molar-refractivity contribution in [3.05, 3.63) is 0 Å². The van der Waals surface area contributed by atoms with Crippen molar-refractivity contribution in [1.29, 1.82) is 0 Å². The molecule has 0 aromatic heterocycles. The lowest BCUT2D eigenvalue weighted by molar-refractivity contribution is -0.162. The van der Waals surface area contributed by atoms with E-state index in [1.807, 2.05) is 27.7 Å². The minimum atomic E-state index is -1.55. The fraction of sp³-hybridized carbons (Fsp3) is 0.900. The number of hydrogen-bond donors (Lipinski definition) is 2. The van der Waals surface area contributed by atoms with Crippen LogP contribution in [-0.2, 0) is 4.79 Å². The molecule has 0 aliphatic heterocycles. The normalized spacial score (nSPS) is 16.7. The molecule has 0 saturated heterocycles. The molecule has 0 aliphatic carbocycles. The first-order valence-corrected chi connectivity index (χ1v) is 4.67. The number of carboxylic acid groups (broad SMARTS) is 1. The molecule has 1 unspecified atom stereocenters. The molecule has 0 heterocycles. The van der Waals surface area contributed by atoms with Crippen LogP contribution in [0.3, 0.4) is 0 Å². The second kappa shape index (κ2) is 4.09. The van der Waals surface area contributed by atoms with Crippen LogP contribution in [0.25, 0.3) is 0 Å². The average Bonchev–Trinajstić information content (AvgIpc) is 1.82. The highest BCUT2D eigenvalue weighted by Gasteiger charge is 2.38. The molecule has 0 bridgehead atoms. The zero-order valence-corrected chi connectivity index (χ0v) is 8.92. The molecule has 0 rings (SSSR count). The summed E-state index contributed by atoms with van der Waals surface area (Å²) in [5.41, 5.74) is -1.71. The summed E-state index contributed by atoms with van der Waals surface area (Å²) < 4.78 is 0. The predicted octanol–water partition coefficient (Wildman–Crippen LogP) is 2.04. The van der Waals surface area contributed by atoms with Gasteiger partial charge in [-0.05, 0) is 18.3 Å². The van der Waals surface area contributed by atoms with Crippen LogP contribution in [0.15, 0.2) is 0 Å². The first-order chi connectivity index (χ1) is 5.71. The third-order valence-electron chi connectivity index (χ3n) is 1.88. The summed E-state index contributed by atoms with van der Waals surface area (Å²) in [6.07, 6.45) is 1.29. The quantitative estimate of drug-likeness (QED) is 0.709. The third kappa shape index (κ3) is 4.27. The van der Waals surface area contributed by atoms with Gasteiger partial charge in [-0.2, -0.15) is 0 Å². The fourth-order valence-corrected chi connectivity index (χ4v) is 1.56. The zero-order valence-electron chi connectivity index (χ0n) is 8.92. The van der Waals surface area contributed by atoms with Gasteiger partial charge < -0.3 is 10.2 Å². The van der Waals surface area contributed by atoms with E-state index in [-0.39, 0.29) is 5.41 Å². The van der Waals surface area contributed by atoms with Crippen LogP contribution < -0.4 is 0 Å². The molecule has 0 aromatic rings. The molecule has 13 heavy (non-hydrogen) atoms. The SMILES string of the molecule is CCCC(O)(CC(C)(C)C)C(=O)O. The van der Waals surface area contributed by atoms with E-state index in [1.165, 1.54) is 0 Å². The molecule has 2 N–H and O–H groups in total. The zero-order chi connectivity index (χ0) is 10.7. The molecule has 0 saturated carbocycles. The van der Waals surface area contributed by atoms with Gasteiger partial charge in [0.05, 0.1) is 0 Å². The van der Waals surface area contributed by atoms with Crippen LogP contribution in [0.4, 0.5) is 0 Å². The number of carboxylic acids is 1. The molecule has 0 spiro atoms. The van der Waals surface area contributed by atoms with Crippen LogP contribution in [0, 0.1) is 5.41 Å². The van der Waals surface area contributed by atoms with Gasteiger partial charge in [0.25, 0.3) is 0 Å². The Morgan fingerprint density at radius 3 is 2.00 bits per heavy atom. The molecular weight excluding hydrogens is 168 g/mol. The molecule has 3 nitrogen and oxygen atoms in total. The summed E-state index contributed by atoms with van der Waals surface area (Å²) >= 11 is 0. The van der Waals surface area contributed by atoms with Gasteiger partial charge in [0, 0.05) is 0 Å².